The van der Waals surface area contributed by atoms with Gasteiger partial charge in [0.1, 0.15) is 11.5 Å². The van der Waals surface area contributed by atoms with Gasteiger partial charge >= 0.3 is 0 Å². The average Bonchev–Trinajstić information content (AvgIpc) is 2.46. The van der Waals surface area contributed by atoms with Crippen LogP contribution >= 0.6 is 0 Å². The highest BCUT2D eigenvalue weighted by Crippen LogP contribution is 2.27. The summed E-state index contributed by atoms with van der Waals surface area (Å²) in [6.07, 6.45) is 1.61. The van der Waals surface area contributed by atoms with Gasteiger partial charge in [-0.25, -0.2) is 9.97 Å². The van der Waals surface area contributed by atoms with Crippen molar-refractivity contribution in [1.29, 1.82) is 0 Å². The quantitative estimate of drug-likeness (QED) is 0.888. The van der Waals surface area contributed by atoms with E-state index in [-0.39, 0.29) is 6.61 Å². The van der Waals surface area contributed by atoms with E-state index in [1.807, 2.05) is 12.1 Å². The minimum atomic E-state index is -0.114. The molecule has 94 valence electrons. The molecule has 0 radical (unpaired) electrons. The molecule has 1 N–H and O–H groups in total. The van der Waals surface area contributed by atoms with Crippen LogP contribution in [0.2, 0.25) is 0 Å². The smallest absolute Gasteiger partial charge is 0.159 e. The zero-order valence-electron chi connectivity index (χ0n) is 10.3. The van der Waals surface area contributed by atoms with Gasteiger partial charge in [-0.1, -0.05) is 0 Å². The van der Waals surface area contributed by atoms with Crippen molar-refractivity contribution in [2.45, 2.75) is 6.61 Å². The second-order valence-corrected chi connectivity index (χ2v) is 3.63. The Labute approximate surface area is 105 Å². The van der Waals surface area contributed by atoms with Crippen LogP contribution in [0.5, 0.6) is 11.5 Å². The van der Waals surface area contributed by atoms with Crippen molar-refractivity contribution >= 4 is 0 Å². The lowest BCUT2D eigenvalue weighted by atomic mass is 10.2. The fraction of sp³-hybridized carbons (Fsp3) is 0.231. The van der Waals surface area contributed by atoms with Crippen molar-refractivity contribution < 1.29 is 14.6 Å². The van der Waals surface area contributed by atoms with Crippen molar-refractivity contribution in [3.05, 3.63) is 36.2 Å². The van der Waals surface area contributed by atoms with Gasteiger partial charge in [0.15, 0.2) is 5.82 Å². The lowest BCUT2D eigenvalue weighted by Gasteiger charge is -2.08. The Balaban J connectivity index is 2.48. The summed E-state index contributed by atoms with van der Waals surface area (Å²) >= 11 is 0. The molecule has 5 heteroatoms. The number of hydrogen-bond acceptors (Lipinski definition) is 5. The Kier molecular flexibility index (Phi) is 3.74. The highest BCUT2D eigenvalue weighted by atomic mass is 16.5. The van der Waals surface area contributed by atoms with Gasteiger partial charge in [0, 0.05) is 17.8 Å². The summed E-state index contributed by atoms with van der Waals surface area (Å²) in [7, 11) is 3.17. The molecule has 1 aromatic carbocycles. The molecule has 0 fully saturated rings. The van der Waals surface area contributed by atoms with Gasteiger partial charge < -0.3 is 14.6 Å². The summed E-state index contributed by atoms with van der Waals surface area (Å²) in [6, 6.07) is 7.08. The molecule has 0 amide bonds. The van der Waals surface area contributed by atoms with Crippen molar-refractivity contribution in [1.82, 2.24) is 9.97 Å². The highest BCUT2D eigenvalue weighted by molar-refractivity contribution is 5.60. The van der Waals surface area contributed by atoms with Crippen molar-refractivity contribution in [2.24, 2.45) is 0 Å². The van der Waals surface area contributed by atoms with Gasteiger partial charge in [0.25, 0.3) is 0 Å². The standard InChI is InChI=1S/C13H14N2O3/c1-17-11-5-9(6-12(7-11)18-2)13-14-4-3-10(8-16)15-13/h3-7,16H,8H2,1-2H3. The van der Waals surface area contributed by atoms with Crippen LogP contribution in [0.15, 0.2) is 30.5 Å². The number of aliphatic hydroxyl groups is 1. The minimum Gasteiger partial charge on any atom is -0.497 e. The van der Waals surface area contributed by atoms with E-state index in [2.05, 4.69) is 9.97 Å². The number of methoxy groups -OCH3 is 2. The second-order valence-electron chi connectivity index (χ2n) is 3.63. The highest BCUT2D eigenvalue weighted by Gasteiger charge is 2.07. The molecule has 2 aromatic rings. The van der Waals surface area contributed by atoms with Crippen molar-refractivity contribution in [2.75, 3.05) is 14.2 Å². The summed E-state index contributed by atoms with van der Waals surface area (Å²) < 4.78 is 10.4. The Bertz CT molecular complexity index is 521. The maximum atomic E-state index is 9.07. The van der Waals surface area contributed by atoms with Gasteiger partial charge in [-0.15, -0.1) is 0 Å². The largest absolute Gasteiger partial charge is 0.497 e. The first-order valence-corrected chi connectivity index (χ1v) is 5.43. The molecule has 0 aliphatic heterocycles. The van der Waals surface area contributed by atoms with Crippen LogP contribution in [0.1, 0.15) is 5.69 Å². The van der Waals surface area contributed by atoms with E-state index in [1.165, 1.54) is 0 Å². The molecule has 0 unspecified atom stereocenters. The monoisotopic (exact) mass is 246 g/mol. The number of benzene rings is 1. The molecule has 0 saturated heterocycles. The van der Waals surface area contributed by atoms with E-state index in [0.717, 1.165) is 5.56 Å². The fourth-order valence-corrected chi connectivity index (χ4v) is 1.56. The summed E-state index contributed by atoms with van der Waals surface area (Å²) in [6.45, 7) is -0.114. The summed E-state index contributed by atoms with van der Waals surface area (Å²) in [5.74, 6) is 1.86. The van der Waals surface area contributed by atoms with Gasteiger partial charge in [-0.2, -0.15) is 0 Å². The van der Waals surface area contributed by atoms with Crippen LogP contribution < -0.4 is 9.47 Å². The lowest BCUT2D eigenvalue weighted by Crippen LogP contribution is -1.96. The summed E-state index contributed by atoms with van der Waals surface area (Å²) in [4.78, 5) is 8.42. The Morgan fingerprint density at radius 3 is 2.33 bits per heavy atom. The van der Waals surface area contributed by atoms with Gasteiger partial charge in [-0.3, -0.25) is 0 Å². The van der Waals surface area contributed by atoms with Gasteiger partial charge in [0.05, 0.1) is 26.5 Å². The fourth-order valence-electron chi connectivity index (χ4n) is 1.56. The summed E-state index contributed by atoms with van der Waals surface area (Å²) in [5.41, 5.74) is 1.35. The van der Waals surface area contributed by atoms with Gasteiger partial charge in [0.2, 0.25) is 0 Å². The maximum absolute atomic E-state index is 9.07. The van der Waals surface area contributed by atoms with E-state index in [1.54, 1.807) is 32.5 Å². The second kappa shape index (κ2) is 5.46. The molecule has 0 aliphatic carbocycles. The van der Waals surface area contributed by atoms with Gasteiger partial charge in [-0.05, 0) is 18.2 Å². The lowest BCUT2D eigenvalue weighted by molar-refractivity contribution is 0.277. The minimum absolute atomic E-state index is 0.114. The van der Waals surface area contributed by atoms with Crippen molar-refractivity contribution in [3.8, 4) is 22.9 Å². The molecule has 2 rings (SSSR count). The predicted molar refractivity (Wildman–Crippen MR) is 66.5 cm³/mol. The number of hydrogen-bond donors (Lipinski definition) is 1. The van der Waals surface area contributed by atoms with Crippen molar-refractivity contribution in [3.63, 3.8) is 0 Å². The van der Waals surface area contributed by atoms with Crippen LogP contribution in [0.25, 0.3) is 11.4 Å². The number of ether oxygens (including phenoxy) is 2. The molecule has 1 heterocycles. The molecule has 0 bridgehead atoms. The molecule has 0 spiro atoms. The first kappa shape index (κ1) is 12.3. The average molecular weight is 246 g/mol. The molecular formula is C13H14N2O3. The van der Waals surface area contributed by atoms with E-state index in [0.29, 0.717) is 23.0 Å². The zero-order valence-corrected chi connectivity index (χ0v) is 10.3. The molecular weight excluding hydrogens is 232 g/mol. The van der Waals surface area contributed by atoms with E-state index < -0.39 is 0 Å². The predicted octanol–water partition coefficient (Wildman–Crippen LogP) is 1.65. The third kappa shape index (κ3) is 2.57. The van der Waals surface area contributed by atoms with E-state index in [9.17, 15) is 0 Å². The first-order valence-electron chi connectivity index (χ1n) is 5.43. The zero-order chi connectivity index (χ0) is 13.0. The van der Waals surface area contributed by atoms with Crippen LogP contribution in [-0.2, 0) is 6.61 Å². The molecule has 18 heavy (non-hydrogen) atoms. The SMILES string of the molecule is COc1cc(OC)cc(-c2nccc(CO)n2)c1. The number of aliphatic hydroxyl groups excluding tert-OH is 1. The van der Waals surface area contributed by atoms with Crippen LogP contribution in [0, 0.1) is 0 Å². The van der Waals surface area contributed by atoms with Crippen LogP contribution in [-0.4, -0.2) is 29.3 Å². The normalized spacial score (nSPS) is 10.2. The molecule has 1 aromatic heterocycles. The topological polar surface area (TPSA) is 64.5 Å². The summed E-state index contributed by atoms with van der Waals surface area (Å²) in [5, 5.41) is 9.07. The van der Waals surface area contributed by atoms with E-state index >= 15 is 0 Å². The molecule has 5 nitrogen and oxygen atoms in total. The Morgan fingerprint density at radius 1 is 1.11 bits per heavy atom. The third-order valence-corrected chi connectivity index (χ3v) is 2.48. The Hall–Kier alpha value is -2.14. The number of rotatable bonds is 4. The molecule has 0 aliphatic rings. The molecule has 0 saturated carbocycles. The maximum Gasteiger partial charge on any atom is 0.159 e. The van der Waals surface area contributed by atoms with Crippen LogP contribution in [0.4, 0.5) is 0 Å². The third-order valence-electron chi connectivity index (χ3n) is 2.48. The Morgan fingerprint density at radius 2 is 1.78 bits per heavy atom. The number of nitrogens with zero attached hydrogens (tertiary/aromatic N) is 2. The van der Waals surface area contributed by atoms with E-state index in [4.69, 9.17) is 14.6 Å². The molecule has 0 atom stereocenters. The van der Waals surface area contributed by atoms with Crippen LogP contribution in [0.3, 0.4) is 0 Å². The first-order chi connectivity index (χ1) is 8.76. The number of aromatic nitrogens is 2.